The monoisotopic (exact) mass is 412 g/mol. The quantitative estimate of drug-likeness (QED) is 0.483. The Morgan fingerprint density at radius 3 is 2.43 bits per heavy atom. The molecule has 0 bridgehead atoms. The second kappa shape index (κ2) is 8.78. The number of rotatable bonds is 8. The Labute approximate surface area is 170 Å². The van der Waals surface area contributed by atoms with E-state index in [1.807, 2.05) is 0 Å². The Hall–Kier alpha value is -1.67. The van der Waals surface area contributed by atoms with Crippen LogP contribution in [0.2, 0.25) is 5.02 Å². The molecular formula is C20H29ClN2O5. The number of carboxylic acids is 2. The van der Waals surface area contributed by atoms with Crippen LogP contribution in [0.5, 0.6) is 0 Å². The molecule has 0 spiro atoms. The van der Waals surface area contributed by atoms with Crippen molar-refractivity contribution in [2.45, 2.75) is 45.2 Å². The van der Waals surface area contributed by atoms with Gasteiger partial charge in [0.2, 0.25) is 0 Å². The van der Waals surface area contributed by atoms with Gasteiger partial charge in [-0.15, -0.1) is 0 Å². The third-order valence-electron chi connectivity index (χ3n) is 6.29. The van der Waals surface area contributed by atoms with Gasteiger partial charge in [0.05, 0.1) is 24.0 Å². The van der Waals surface area contributed by atoms with Crippen LogP contribution in [0.4, 0.5) is 0 Å². The summed E-state index contributed by atoms with van der Waals surface area (Å²) < 4.78 is 5.59. The van der Waals surface area contributed by atoms with Crippen LogP contribution in [0.25, 0.3) is 0 Å². The van der Waals surface area contributed by atoms with Gasteiger partial charge in [0.1, 0.15) is 0 Å². The lowest BCUT2D eigenvalue weighted by atomic mass is 9.51. The first-order valence-corrected chi connectivity index (χ1v) is 9.80. The van der Waals surface area contributed by atoms with Crippen LogP contribution in [0.15, 0.2) is 24.3 Å². The van der Waals surface area contributed by atoms with Crippen molar-refractivity contribution in [1.82, 2.24) is 5.32 Å². The van der Waals surface area contributed by atoms with E-state index >= 15 is 0 Å². The molecule has 5 unspecified atom stereocenters. The van der Waals surface area contributed by atoms with Crippen LogP contribution in [-0.4, -0.2) is 54.0 Å². The van der Waals surface area contributed by atoms with Crippen LogP contribution in [0.3, 0.4) is 0 Å². The largest absolute Gasteiger partial charge is 0.481 e. The first kappa shape index (κ1) is 22.6. The van der Waals surface area contributed by atoms with E-state index in [1.54, 1.807) is 45.0 Å². The number of carbonyl (C=O) groups is 2. The molecule has 1 heterocycles. The first-order chi connectivity index (χ1) is 13.2. The number of nitrogens with two attached hydrogens (primary N) is 1. The van der Waals surface area contributed by atoms with E-state index in [0.717, 1.165) is 0 Å². The Balaban J connectivity index is 2.75. The fraction of sp³-hybridized carbons (Fsp3) is 0.600. The average Bonchev–Trinajstić information content (AvgIpc) is 2.64. The molecule has 0 radical (unpaired) electrons. The molecule has 0 aromatic heterocycles. The summed E-state index contributed by atoms with van der Waals surface area (Å²) in [5.41, 5.74) is 3.19. The maximum Gasteiger partial charge on any atom is 0.311 e. The van der Waals surface area contributed by atoms with Crippen LogP contribution in [0.1, 0.15) is 38.7 Å². The number of nitrogens with one attached hydrogen (secondary N) is 1. The highest BCUT2D eigenvalue weighted by molar-refractivity contribution is 6.31. The Morgan fingerprint density at radius 1 is 1.29 bits per heavy atom. The van der Waals surface area contributed by atoms with Crippen LogP contribution >= 0.6 is 11.6 Å². The summed E-state index contributed by atoms with van der Waals surface area (Å²) in [6.07, 6.45) is 0.206. The smallest absolute Gasteiger partial charge is 0.311 e. The number of piperidine rings is 1. The molecule has 5 N–H and O–H groups in total. The fourth-order valence-electron chi connectivity index (χ4n) is 4.58. The molecule has 28 heavy (non-hydrogen) atoms. The number of hydrogen-bond donors (Lipinski definition) is 4. The summed E-state index contributed by atoms with van der Waals surface area (Å²) in [5, 5.41) is 24.1. The van der Waals surface area contributed by atoms with E-state index < -0.39 is 40.8 Å². The normalized spacial score (nSPS) is 32.8. The van der Waals surface area contributed by atoms with Crippen molar-refractivity contribution in [3.8, 4) is 0 Å². The lowest BCUT2D eigenvalue weighted by molar-refractivity contribution is -0.174. The van der Waals surface area contributed by atoms with Gasteiger partial charge in [0.25, 0.3) is 0 Å². The SMILES string of the molecule is CCC1(C(=O)O)C(COCCN)NC(C)C(C)(C(=O)O)C1c1ccccc1Cl. The molecule has 2 rings (SSSR count). The van der Waals surface area contributed by atoms with Gasteiger partial charge in [-0.3, -0.25) is 9.59 Å². The van der Waals surface area contributed by atoms with Gasteiger partial charge in [-0.2, -0.15) is 0 Å². The molecule has 1 aromatic carbocycles. The highest BCUT2D eigenvalue weighted by Gasteiger charge is 2.65. The molecule has 156 valence electrons. The lowest BCUT2D eigenvalue weighted by Gasteiger charge is -2.56. The number of ether oxygens (including phenoxy) is 1. The second-order valence-corrected chi connectivity index (χ2v) is 7.95. The molecule has 1 aliphatic rings. The van der Waals surface area contributed by atoms with Crippen LogP contribution in [0, 0.1) is 10.8 Å². The van der Waals surface area contributed by atoms with Gasteiger partial charge >= 0.3 is 11.9 Å². The zero-order chi connectivity index (χ0) is 21.1. The summed E-state index contributed by atoms with van der Waals surface area (Å²) in [6, 6.07) is 5.75. The maximum atomic E-state index is 12.7. The average molecular weight is 413 g/mol. The molecule has 1 aromatic rings. The Morgan fingerprint density at radius 2 is 1.93 bits per heavy atom. The molecule has 5 atom stereocenters. The van der Waals surface area contributed by atoms with Gasteiger partial charge in [-0.1, -0.05) is 36.7 Å². The van der Waals surface area contributed by atoms with Crippen molar-refractivity contribution in [2.75, 3.05) is 19.8 Å². The fourth-order valence-corrected chi connectivity index (χ4v) is 4.83. The standard InChI is InChI=1S/C20H29ClN2O5/c1-4-20(18(26)27)15(11-28-10-9-22)23-12(2)19(3,17(24)25)16(20)13-7-5-6-8-14(13)21/h5-8,12,15-16,23H,4,9-11,22H2,1-3H3,(H,24,25)(H,26,27). The van der Waals surface area contributed by atoms with Gasteiger partial charge in [-0.05, 0) is 31.9 Å². The van der Waals surface area contributed by atoms with Crippen molar-refractivity contribution >= 4 is 23.5 Å². The lowest BCUT2D eigenvalue weighted by Crippen LogP contribution is -2.70. The minimum absolute atomic E-state index is 0.109. The summed E-state index contributed by atoms with van der Waals surface area (Å²) >= 11 is 6.45. The molecule has 1 saturated heterocycles. The zero-order valence-electron chi connectivity index (χ0n) is 16.4. The second-order valence-electron chi connectivity index (χ2n) is 7.55. The highest BCUT2D eigenvalue weighted by Crippen LogP contribution is 2.57. The third-order valence-corrected chi connectivity index (χ3v) is 6.64. The van der Waals surface area contributed by atoms with Crippen LogP contribution in [-0.2, 0) is 14.3 Å². The zero-order valence-corrected chi connectivity index (χ0v) is 17.2. The van der Waals surface area contributed by atoms with Crippen molar-refractivity contribution in [3.05, 3.63) is 34.9 Å². The number of aliphatic carboxylic acids is 2. The molecule has 0 amide bonds. The topological polar surface area (TPSA) is 122 Å². The van der Waals surface area contributed by atoms with Crippen molar-refractivity contribution in [2.24, 2.45) is 16.6 Å². The van der Waals surface area contributed by atoms with E-state index in [2.05, 4.69) is 5.32 Å². The minimum Gasteiger partial charge on any atom is -0.481 e. The summed E-state index contributed by atoms with van der Waals surface area (Å²) in [5.74, 6) is -3.01. The number of benzene rings is 1. The van der Waals surface area contributed by atoms with E-state index in [9.17, 15) is 19.8 Å². The molecule has 1 aliphatic heterocycles. The number of halogens is 1. The maximum absolute atomic E-state index is 12.7. The summed E-state index contributed by atoms with van der Waals surface area (Å²) in [6.45, 7) is 5.82. The number of hydrogen-bond acceptors (Lipinski definition) is 5. The van der Waals surface area contributed by atoms with Crippen molar-refractivity contribution in [3.63, 3.8) is 0 Å². The summed E-state index contributed by atoms with van der Waals surface area (Å²) in [4.78, 5) is 25.2. The van der Waals surface area contributed by atoms with E-state index in [1.165, 1.54) is 0 Å². The predicted octanol–water partition coefficient (Wildman–Crippen LogP) is 2.33. The Kier molecular flexibility index (Phi) is 7.09. The highest BCUT2D eigenvalue weighted by atomic mass is 35.5. The van der Waals surface area contributed by atoms with Crippen molar-refractivity contribution in [1.29, 1.82) is 0 Å². The minimum atomic E-state index is -1.43. The molecule has 8 heteroatoms. The van der Waals surface area contributed by atoms with E-state index in [4.69, 9.17) is 22.1 Å². The van der Waals surface area contributed by atoms with Gasteiger partial charge in [0.15, 0.2) is 0 Å². The molecule has 0 aliphatic carbocycles. The van der Waals surface area contributed by atoms with Gasteiger partial charge < -0.3 is 26.0 Å². The number of carboxylic acid groups (broad SMARTS) is 2. The van der Waals surface area contributed by atoms with Gasteiger partial charge in [0, 0.05) is 29.6 Å². The van der Waals surface area contributed by atoms with Crippen molar-refractivity contribution < 1.29 is 24.5 Å². The first-order valence-electron chi connectivity index (χ1n) is 9.42. The molecule has 1 fully saturated rings. The molecule has 7 nitrogen and oxygen atoms in total. The summed E-state index contributed by atoms with van der Waals surface area (Å²) in [7, 11) is 0. The van der Waals surface area contributed by atoms with Crippen LogP contribution < -0.4 is 11.1 Å². The van der Waals surface area contributed by atoms with E-state index in [-0.39, 0.29) is 13.0 Å². The third kappa shape index (κ3) is 3.52. The molecular weight excluding hydrogens is 384 g/mol. The predicted molar refractivity (Wildman–Crippen MR) is 107 cm³/mol. The molecule has 0 saturated carbocycles. The Bertz CT molecular complexity index is 730. The van der Waals surface area contributed by atoms with E-state index in [0.29, 0.717) is 23.7 Å². The van der Waals surface area contributed by atoms with Gasteiger partial charge in [-0.25, -0.2) is 0 Å².